The Bertz CT molecular complexity index is 440. The van der Waals surface area contributed by atoms with Crippen molar-refractivity contribution in [1.29, 1.82) is 0 Å². The first-order valence-corrected chi connectivity index (χ1v) is 5.67. The molecule has 0 aliphatic heterocycles. The lowest BCUT2D eigenvalue weighted by Gasteiger charge is -2.30. The molecule has 1 aliphatic rings. The smallest absolute Gasteiger partial charge is 0.248 e. The number of benzene rings is 1. The zero-order valence-corrected chi connectivity index (χ0v) is 9.79. The van der Waals surface area contributed by atoms with Gasteiger partial charge in [0.1, 0.15) is 0 Å². The molecule has 0 radical (unpaired) electrons. The van der Waals surface area contributed by atoms with E-state index >= 15 is 0 Å². The Kier molecular flexibility index (Phi) is 2.50. The third-order valence-corrected chi connectivity index (χ3v) is 3.73. The lowest BCUT2D eigenvalue weighted by atomic mass is 9.81. The second kappa shape index (κ2) is 3.59. The van der Waals surface area contributed by atoms with Crippen molar-refractivity contribution in [2.45, 2.75) is 32.2 Å². The monoisotopic (exact) mass is 218 g/mol. The summed E-state index contributed by atoms with van der Waals surface area (Å²) in [5, 5.41) is 0. The van der Waals surface area contributed by atoms with Crippen LogP contribution in [0.5, 0.6) is 0 Å². The SMILES string of the molecule is CC(C)C1(N)CCc2ccc(C(N)=O)cc21. The van der Waals surface area contributed by atoms with Crippen LogP contribution in [0.3, 0.4) is 0 Å². The topological polar surface area (TPSA) is 69.1 Å². The summed E-state index contributed by atoms with van der Waals surface area (Å²) in [6.07, 6.45) is 1.94. The molecule has 0 fully saturated rings. The summed E-state index contributed by atoms with van der Waals surface area (Å²) in [5.41, 5.74) is 14.3. The maximum atomic E-state index is 11.2. The van der Waals surface area contributed by atoms with Gasteiger partial charge in [0.25, 0.3) is 0 Å². The predicted molar refractivity (Wildman–Crippen MR) is 64.0 cm³/mol. The minimum absolute atomic E-state index is 0.305. The van der Waals surface area contributed by atoms with Crippen LogP contribution in [0.2, 0.25) is 0 Å². The van der Waals surface area contributed by atoms with Crippen LogP contribution in [0.15, 0.2) is 18.2 Å². The Morgan fingerprint density at radius 3 is 2.69 bits per heavy atom. The molecule has 1 aromatic carbocycles. The minimum Gasteiger partial charge on any atom is -0.366 e. The highest BCUT2D eigenvalue weighted by Gasteiger charge is 2.37. The summed E-state index contributed by atoms with van der Waals surface area (Å²) < 4.78 is 0. The molecule has 4 N–H and O–H groups in total. The van der Waals surface area contributed by atoms with Crippen LogP contribution >= 0.6 is 0 Å². The van der Waals surface area contributed by atoms with Gasteiger partial charge in [0.15, 0.2) is 0 Å². The molecule has 2 rings (SSSR count). The molecular weight excluding hydrogens is 200 g/mol. The Morgan fingerprint density at radius 2 is 2.12 bits per heavy atom. The highest BCUT2D eigenvalue weighted by Crippen LogP contribution is 2.40. The lowest BCUT2D eigenvalue weighted by Crippen LogP contribution is -2.39. The van der Waals surface area contributed by atoms with Gasteiger partial charge in [0, 0.05) is 11.1 Å². The quantitative estimate of drug-likeness (QED) is 0.790. The van der Waals surface area contributed by atoms with E-state index in [2.05, 4.69) is 13.8 Å². The van der Waals surface area contributed by atoms with Crippen LogP contribution in [0.25, 0.3) is 0 Å². The van der Waals surface area contributed by atoms with Crippen LogP contribution in [-0.2, 0) is 12.0 Å². The molecule has 1 aromatic rings. The van der Waals surface area contributed by atoms with Gasteiger partial charge in [-0.15, -0.1) is 0 Å². The van der Waals surface area contributed by atoms with Crippen LogP contribution in [-0.4, -0.2) is 5.91 Å². The minimum atomic E-state index is -0.388. The highest BCUT2D eigenvalue weighted by atomic mass is 16.1. The summed E-state index contributed by atoms with van der Waals surface area (Å²) in [6.45, 7) is 4.23. The summed E-state index contributed by atoms with van der Waals surface area (Å²) in [7, 11) is 0. The highest BCUT2D eigenvalue weighted by molar-refractivity contribution is 5.93. The number of carbonyl (C=O) groups is 1. The molecule has 1 amide bonds. The summed E-state index contributed by atoms with van der Waals surface area (Å²) in [4.78, 5) is 11.2. The molecule has 0 spiro atoms. The van der Waals surface area contributed by atoms with Gasteiger partial charge in [-0.3, -0.25) is 4.79 Å². The van der Waals surface area contributed by atoms with E-state index in [0.29, 0.717) is 11.5 Å². The molecule has 16 heavy (non-hydrogen) atoms. The van der Waals surface area contributed by atoms with E-state index in [1.165, 1.54) is 5.56 Å². The lowest BCUT2D eigenvalue weighted by molar-refractivity contribution is 0.1000. The van der Waals surface area contributed by atoms with E-state index in [0.717, 1.165) is 18.4 Å². The number of amides is 1. The first kappa shape index (κ1) is 11.1. The van der Waals surface area contributed by atoms with Crippen LogP contribution < -0.4 is 11.5 Å². The zero-order chi connectivity index (χ0) is 11.9. The van der Waals surface area contributed by atoms with Crippen molar-refractivity contribution in [3.05, 3.63) is 34.9 Å². The Hall–Kier alpha value is -1.35. The fourth-order valence-corrected chi connectivity index (χ4v) is 2.46. The predicted octanol–water partition coefficient (Wildman–Crippen LogP) is 1.54. The summed E-state index contributed by atoms with van der Waals surface area (Å²) >= 11 is 0. The third kappa shape index (κ3) is 1.52. The van der Waals surface area contributed by atoms with Crippen LogP contribution in [0.1, 0.15) is 41.8 Å². The van der Waals surface area contributed by atoms with Gasteiger partial charge < -0.3 is 11.5 Å². The third-order valence-electron chi connectivity index (χ3n) is 3.73. The molecule has 86 valence electrons. The number of rotatable bonds is 2. The molecule has 0 bridgehead atoms. The summed E-state index contributed by atoms with van der Waals surface area (Å²) in [5.74, 6) is -0.0299. The van der Waals surface area contributed by atoms with E-state index in [1.54, 1.807) is 6.07 Å². The van der Waals surface area contributed by atoms with Crippen molar-refractivity contribution in [3.63, 3.8) is 0 Å². The van der Waals surface area contributed by atoms with Crippen molar-refractivity contribution < 1.29 is 4.79 Å². The van der Waals surface area contributed by atoms with Crippen LogP contribution in [0, 0.1) is 5.92 Å². The second-order valence-corrected chi connectivity index (χ2v) is 4.93. The van der Waals surface area contributed by atoms with Crippen LogP contribution in [0.4, 0.5) is 0 Å². The van der Waals surface area contributed by atoms with E-state index in [1.807, 2.05) is 12.1 Å². The molecular formula is C13H18N2O. The Balaban J connectivity index is 2.53. The molecule has 1 unspecified atom stereocenters. The Labute approximate surface area is 95.8 Å². The average molecular weight is 218 g/mol. The standard InChI is InChI=1S/C13H18N2O/c1-8(2)13(15)6-5-9-3-4-10(12(14)16)7-11(9)13/h3-4,7-8H,5-6,15H2,1-2H3,(H2,14,16). The molecule has 0 saturated carbocycles. The summed E-state index contributed by atoms with van der Waals surface area (Å²) in [6, 6.07) is 5.63. The second-order valence-electron chi connectivity index (χ2n) is 4.93. The van der Waals surface area contributed by atoms with Gasteiger partial charge in [0.05, 0.1) is 0 Å². The van der Waals surface area contributed by atoms with Crippen molar-refractivity contribution in [1.82, 2.24) is 0 Å². The van der Waals surface area contributed by atoms with Gasteiger partial charge in [-0.05, 0) is 42.0 Å². The maximum Gasteiger partial charge on any atom is 0.248 e. The first-order chi connectivity index (χ1) is 7.45. The van der Waals surface area contributed by atoms with E-state index in [4.69, 9.17) is 11.5 Å². The van der Waals surface area contributed by atoms with Gasteiger partial charge in [-0.1, -0.05) is 19.9 Å². The largest absolute Gasteiger partial charge is 0.366 e. The van der Waals surface area contributed by atoms with Crippen molar-refractivity contribution in [2.24, 2.45) is 17.4 Å². The van der Waals surface area contributed by atoms with Crippen molar-refractivity contribution in [2.75, 3.05) is 0 Å². The molecule has 0 heterocycles. The molecule has 0 saturated heterocycles. The number of hydrogen-bond acceptors (Lipinski definition) is 2. The number of primary amides is 1. The van der Waals surface area contributed by atoms with E-state index in [9.17, 15) is 4.79 Å². The first-order valence-electron chi connectivity index (χ1n) is 5.67. The van der Waals surface area contributed by atoms with Gasteiger partial charge >= 0.3 is 0 Å². The number of nitrogens with two attached hydrogens (primary N) is 2. The molecule has 1 aliphatic carbocycles. The van der Waals surface area contributed by atoms with Gasteiger partial charge in [0.2, 0.25) is 5.91 Å². The van der Waals surface area contributed by atoms with Gasteiger partial charge in [-0.2, -0.15) is 0 Å². The fourth-order valence-electron chi connectivity index (χ4n) is 2.46. The molecule has 1 atom stereocenters. The number of carbonyl (C=O) groups excluding carboxylic acids is 1. The van der Waals surface area contributed by atoms with Gasteiger partial charge in [-0.25, -0.2) is 0 Å². The molecule has 3 heteroatoms. The normalized spacial score (nSPS) is 23.5. The van der Waals surface area contributed by atoms with E-state index < -0.39 is 0 Å². The Morgan fingerprint density at radius 1 is 1.44 bits per heavy atom. The molecule has 0 aromatic heterocycles. The number of fused-ring (bicyclic) bond motifs is 1. The van der Waals surface area contributed by atoms with Crippen molar-refractivity contribution in [3.8, 4) is 0 Å². The van der Waals surface area contributed by atoms with E-state index in [-0.39, 0.29) is 11.4 Å². The zero-order valence-electron chi connectivity index (χ0n) is 9.79. The maximum absolute atomic E-state index is 11.2. The van der Waals surface area contributed by atoms with Crippen molar-refractivity contribution >= 4 is 5.91 Å². The number of aryl methyl sites for hydroxylation is 1. The average Bonchev–Trinajstić information content (AvgIpc) is 2.57. The molecule has 3 nitrogen and oxygen atoms in total. The fraction of sp³-hybridized carbons (Fsp3) is 0.462. The number of hydrogen-bond donors (Lipinski definition) is 2.